The van der Waals surface area contributed by atoms with Crippen LogP contribution in [0.1, 0.15) is 38.0 Å². The molecular formula is C22H19N3O4. The lowest BCUT2D eigenvalue weighted by Crippen LogP contribution is -2.12. The summed E-state index contributed by atoms with van der Waals surface area (Å²) in [7, 11) is 1.32. The number of hydrogen-bond donors (Lipinski definition) is 2. The van der Waals surface area contributed by atoms with Gasteiger partial charge in [-0.2, -0.15) is 0 Å². The van der Waals surface area contributed by atoms with Crippen molar-refractivity contribution in [1.82, 2.24) is 4.98 Å². The van der Waals surface area contributed by atoms with Gasteiger partial charge in [0, 0.05) is 28.7 Å². The fourth-order valence-corrected chi connectivity index (χ4v) is 2.61. The maximum atomic E-state index is 12.5. The van der Waals surface area contributed by atoms with Crippen molar-refractivity contribution in [3.63, 3.8) is 0 Å². The van der Waals surface area contributed by atoms with Crippen molar-refractivity contribution >= 4 is 34.9 Å². The quantitative estimate of drug-likeness (QED) is 0.487. The molecule has 3 rings (SSSR count). The molecule has 0 aliphatic rings. The lowest BCUT2D eigenvalue weighted by atomic mass is 10.1. The minimum atomic E-state index is -0.415. The van der Waals surface area contributed by atoms with Gasteiger partial charge in [0.15, 0.2) is 5.78 Å². The van der Waals surface area contributed by atoms with Crippen molar-refractivity contribution in [3.05, 3.63) is 83.6 Å². The topological polar surface area (TPSA) is 97.4 Å². The van der Waals surface area contributed by atoms with Crippen molar-refractivity contribution in [1.29, 1.82) is 0 Å². The van der Waals surface area contributed by atoms with E-state index in [1.807, 2.05) is 0 Å². The van der Waals surface area contributed by atoms with Crippen LogP contribution in [0, 0.1) is 0 Å². The maximum absolute atomic E-state index is 12.5. The van der Waals surface area contributed by atoms with Gasteiger partial charge in [0.2, 0.25) is 0 Å². The number of anilines is 3. The van der Waals surface area contributed by atoms with Crippen LogP contribution in [0.15, 0.2) is 66.9 Å². The molecule has 7 nitrogen and oxygen atoms in total. The highest BCUT2D eigenvalue weighted by molar-refractivity contribution is 6.05. The van der Waals surface area contributed by atoms with Gasteiger partial charge in [0.1, 0.15) is 5.82 Å². The third kappa shape index (κ3) is 5.04. The summed E-state index contributed by atoms with van der Waals surface area (Å²) in [6.45, 7) is 1.47. The van der Waals surface area contributed by atoms with Gasteiger partial charge in [-0.05, 0) is 55.5 Å². The van der Waals surface area contributed by atoms with Gasteiger partial charge in [-0.1, -0.05) is 12.1 Å². The summed E-state index contributed by atoms with van der Waals surface area (Å²) < 4.78 is 4.67. The molecule has 0 bridgehead atoms. The fraction of sp³-hybridized carbons (Fsp3) is 0.0909. The van der Waals surface area contributed by atoms with E-state index in [0.717, 1.165) is 0 Å². The number of Topliss-reactive ketones (excluding diaryl/α,β-unsaturated/α-hetero) is 1. The second kappa shape index (κ2) is 8.79. The third-order valence-corrected chi connectivity index (χ3v) is 4.13. The van der Waals surface area contributed by atoms with Crippen LogP contribution >= 0.6 is 0 Å². The Kier molecular flexibility index (Phi) is 5.99. The van der Waals surface area contributed by atoms with E-state index >= 15 is 0 Å². The molecule has 0 saturated heterocycles. The molecule has 3 aromatic rings. The summed E-state index contributed by atoms with van der Waals surface area (Å²) >= 11 is 0. The molecule has 1 aromatic heterocycles. The predicted molar refractivity (Wildman–Crippen MR) is 110 cm³/mol. The Balaban J connectivity index is 1.72. The first kappa shape index (κ1) is 19.8. The van der Waals surface area contributed by atoms with Gasteiger partial charge in [-0.25, -0.2) is 9.78 Å². The molecule has 0 saturated carbocycles. The van der Waals surface area contributed by atoms with Gasteiger partial charge in [0.05, 0.1) is 12.7 Å². The molecule has 0 atom stereocenters. The summed E-state index contributed by atoms with van der Waals surface area (Å²) in [5.74, 6) is -0.338. The highest BCUT2D eigenvalue weighted by atomic mass is 16.5. The number of carbonyl (C=O) groups is 3. The molecule has 29 heavy (non-hydrogen) atoms. The van der Waals surface area contributed by atoms with E-state index < -0.39 is 5.97 Å². The molecule has 0 fully saturated rings. The Labute approximate surface area is 167 Å². The first-order valence-corrected chi connectivity index (χ1v) is 8.80. The van der Waals surface area contributed by atoms with E-state index in [2.05, 4.69) is 20.4 Å². The van der Waals surface area contributed by atoms with Crippen LogP contribution in [-0.2, 0) is 4.74 Å². The first-order chi connectivity index (χ1) is 14.0. The fourth-order valence-electron chi connectivity index (χ4n) is 2.61. The Morgan fingerprint density at radius 2 is 1.62 bits per heavy atom. The Morgan fingerprint density at radius 1 is 0.862 bits per heavy atom. The average Bonchev–Trinajstić information content (AvgIpc) is 2.74. The number of nitrogens with one attached hydrogen (secondary N) is 2. The van der Waals surface area contributed by atoms with Gasteiger partial charge in [0.25, 0.3) is 5.91 Å². The Bertz CT molecular complexity index is 1060. The standard InChI is InChI=1S/C22H19N3O4/c1-14(26)16-4-3-5-19(12-16)25-21(27)17-10-11-23-20(13-17)24-18-8-6-15(7-9-18)22(28)29-2/h3-13H,1-2H3,(H,23,24)(H,25,27). The van der Waals surface area contributed by atoms with Crippen molar-refractivity contribution in [2.75, 3.05) is 17.7 Å². The van der Waals surface area contributed by atoms with Crippen LogP contribution in [0.3, 0.4) is 0 Å². The lowest BCUT2D eigenvalue weighted by molar-refractivity contribution is 0.0600. The summed E-state index contributed by atoms with van der Waals surface area (Å²) in [6, 6.07) is 16.6. The molecule has 0 aliphatic carbocycles. The third-order valence-electron chi connectivity index (χ3n) is 4.13. The molecular weight excluding hydrogens is 370 g/mol. The number of hydrogen-bond acceptors (Lipinski definition) is 6. The van der Waals surface area contributed by atoms with Crippen LogP contribution in [0.4, 0.5) is 17.2 Å². The monoisotopic (exact) mass is 389 g/mol. The second-order valence-electron chi connectivity index (χ2n) is 6.21. The second-order valence-corrected chi connectivity index (χ2v) is 6.21. The number of rotatable bonds is 6. The van der Waals surface area contributed by atoms with Gasteiger partial charge in [-0.3, -0.25) is 9.59 Å². The number of carbonyl (C=O) groups excluding carboxylic acids is 3. The van der Waals surface area contributed by atoms with E-state index in [1.54, 1.807) is 60.7 Å². The van der Waals surface area contributed by atoms with Crippen LogP contribution in [0.2, 0.25) is 0 Å². The zero-order chi connectivity index (χ0) is 20.8. The number of methoxy groups -OCH3 is 1. The highest BCUT2D eigenvalue weighted by Crippen LogP contribution is 2.18. The molecule has 2 N–H and O–H groups in total. The summed E-state index contributed by atoms with van der Waals surface area (Å²) in [5.41, 5.74) is 2.61. The summed E-state index contributed by atoms with van der Waals surface area (Å²) in [5, 5.41) is 5.86. The largest absolute Gasteiger partial charge is 0.465 e. The number of nitrogens with zero attached hydrogens (tertiary/aromatic N) is 1. The number of ketones is 1. The minimum absolute atomic E-state index is 0.0743. The van der Waals surface area contributed by atoms with Crippen molar-refractivity contribution < 1.29 is 19.1 Å². The molecule has 0 radical (unpaired) electrons. The van der Waals surface area contributed by atoms with Crippen LogP contribution in [0.5, 0.6) is 0 Å². The SMILES string of the molecule is COC(=O)c1ccc(Nc2cc(C(=O)Nc3cccc(C(C)=O)c3)ccn2)cc1. The number of pyridine rings is 1. The lowest BCUT2D eigenvalue weighted by Gasteiger charge is -2.09. The molecule has 0 spiro atoms. The molecule has 1 amide bonds. The zero-order valence-electron chi connectivity index (χ0n) is 15.9. The van der Waals surface area contributed by atoms with E-state index in [0.29, 0.717) is 33.9 Å². The van der Waals surface area contributed by atoms with E-state index in [9.17, 15) is 14.4 Å². The van der Waals surface area contributed by atoms with Gasteiger partial charge in [-0.15, -0.1) is 0 Å². The summed E-state index contributed by atoms with van der Waals surface area (Å²) in [6.07, 6.45) is 1.52. The summed E-state index contributed by atoms with van der Waals surface area (Å²) in [4.78, 5) is 39.7. The molecule has 0 aliphatic heterocycles. The van der Waals surface area contributed by atoms with Crippen molar-refractivity contribution in [2.45, 2.75) is 6.92 Å². The Hall–Kier alpha value is -4.00. The zero-order valence-corrected chi connectivity index (χ0v) is 15.9. The van der Waals surface area contributed by atoms with Crippen LogP contribution in [-0.4, -0.2) is 29.8 Å². The van der Waals surface area contributed by atoms with Gasteiger partial charge < -0.3 is 15.4 Å². The smallest absolute Gasteiger partial charge is 0.337 e. The first-order valence-electron chi connectivity index (χ1n) is 8.80. The van der Waals surface area contributed by atoms with E-state index in [-0.39, 0.29) is 11.7 Å². The van der Waals surface area contributed by atoms with Crippen molar-refractivity contribution in [2.24, 2.45) is 0 Å². The number of amides is 1. The minimum Gasteiger partial charge on any atom is -0.465 e. The number of ether oxygens (including phenoxy) is 1. The van der Waals surface area contributed by atoms with Crippen LogP contribution in [0.25, 0.3) is 0 Å². The molecule has 146 valence electrons. The molecule has 7 heteroatoms. The van der Waals surface area contributed by atoms with Crippen molar-refractivity contribution in [3.8, 4) is 0 Å². The van der Waals surface area contributed by atoms with E-state index in [4.69, 9.17) is 0 Å². The molecule has 2 aromatic carbocycles. The normalized spacial score (nSPS) is 10.1. The Morgan fingerprint density at radius 3 is 2.31 bits per heavy atom. The van der Waals surface area contributed by atoms with E-state index in [1.165, 1.54) is 20.2 Å². The maximum Gasteiger partial charge on any atom is 0.337 e. The van der Waals surface area contributed by atoms with Gasteiger partial charge >= 0.3 is 5.97 Å². The van der Waals surface area contributed by atoms with Crippen LogP contribution < -0.4 is 10.6 Å². The predicted octanol–water partition coefficient (Wildman–Crippen LogP) is 4.07. The number of benzene rings is 2. The highest BCUT2D eigenvalue weighted by Gasteiger charge is 2.10. The molecule has 1 heterocycles. The molecule has 0 unspecified atom stereocenters. The number of esters is 1. The number of aromatic nitrogens is 1. The average molecular weight is 389 g/mol.